The number of hydrogen-bond acceptors (Lipinski definition) is 2. The Labute approximate surface area is 121 Å². The molecule has 0 bridgehead atoms. The SMILES string of the molecule is CCn1ncnc1CC(CBr)Cc1cccc(F)c1. The average Bonchev–Trinajstić information content (AvgIpc) is 2.85. The standard InChI is InChI=1S/C14H17BrFN3/c1-2-19-14(17-10-18-19)8-12(9-15)6-11-4-3-5-13(16)7-11/h3-5,7,10,12H,2,6,8-9H2,1H3. The van der Waals surface area contributed by atoms with E-state index in [4.69, 9.17) is 0 Å². The van der Waals surface area contributed by atoms with Gasteiger partial charge in [0.1, 0.15) is 18.0 Å². The van der Waals surface area contributed by atoms with E-state index in [0.717, 1.165) is 36.1 Å². The van der Waals surface area contributed by atoms with Crippen LogP contribution in [0.3, 0.4) is 0 Å². The van der Waals surface area contributed by atoms with Crippen molar-refractivity contribution in [3.8, 4) is 0 Å². The van der Waals surface area contributed by atoms with Gasteiger partial charge < -0.3 is 0 Å². The summed E-state index contributed by atoms with van der Waals surface area (Å²) in [6, 6.07) is 6.79. The van der Waals surface area contributed by atoms with E-state index in [0.29, 0.717) is 5.92 Å². The van der Waals surface area contributed by atoms with Gasteiger partial charge in [-0.1, -0.05) is 28.1 Å². The fourth-order valence-corrected chi connectivity index (χ4v) is 2.60. The summed E-state index contributed by atoms with van der Waals surface area (Å²) in [5.41, 5.74) is 1.02. The van der Waals surface area contributed by atoms with Crippen LogP contribution < -0.4 is 0 Å². The molecular weight excluding hydrogens is 309 g/mol. The summed E-state index contributed by atoms with van der Waals surface area (Å²) >= 11 is 3.53. The fourth-order valence-electron chi connectivity index (χ4n) is 2.15. The number of rotatable bonds is 6. The molecule has 0 radical (unpaired) electrons. The van der Waals surface area contributed by atoms with Crippen LogP contribution in [0.1, 0.15) is 18.3 Å². The van der Waals surface area contributed by atoms with Crippen molar-refractivity contribution < 1.29 is 4.39 Å². The Morgan fingerprint density at radius 1 is 1.37 bits per heavy atom. The molecular formula is C14H17BrFN3. The van der Waals surface area contributed by atoms with Gasteiger partial charge in [0, 0.05) is 18.3 Å². The average molecular weight is 326 g/mol. The van der Waals surface area contributed by atoms with E-state index in [-0.39, 0.29) is 5.82 Å². The molecule has 1 aromatic carbocycles. The highest BCUT2D eigenvalue weighted by atomic mass is 79.9. The highest BCUT2D eigenvalue weighted by Gasteiger charge is 2.13. The summed E-state index contributed by atoms with van der Waals surface area (Å²) in [7, 11) is 0. The predicted octanol–water partition coefficient (Wildman–Crippen LogP) is 3.23. The molecule has 0 aliphatic heterocycles. The normalized spacial score (nSPS) is 12.6. The summed E-state index contributed by atoms with van der Waals surface area (Å²) in [5.74, 6) is 1.20. The van der Waals surface area contributed by atoms with Crippen molar-refractivity contribution in [2.45, 2.75) is 26.3 Å². The number of nitrogens with zero attached hydrogens (tertiary/aromatic N) is 3. The third kappa shape index (κ3) is 3.86. The second-order valence-corrected chi connectivity index (χ2v) is 5.20. The van der Waals surface area contributed by atoms with E-state index >= 15 is 0 Å². The Balaban J connectivity index is 2.04. The van der Waals surface area contributed by atoms with E-state index in [1.807, 2.05) is 17.7 Å². The van der Waals surface area contributed by atoms with Crippen molar-refractivity contribution in [2.75, 3.05) is 5.33 Å². The maximum atomic E-state index is 13.2. The second kappa shape index (κ2) is 6.80. The van der Waals surface area contributed by atoms with Gasteiger partial charge in [-0.05, 0) is 37.0 Å². The molecule has 0 N–H and O–H groups in total. The van der Waals surface area contributed by atoms with Crippen LogP contribution in [0.5, 0.6) is 0 Å². The Hall–Kier alpha value is -1.23. The molecule has 0 fully saturated rings. The molecule has 0 saturated heterocycles. The van der Waals surface area contributed by atoms with E-state index in [9.17, 15) is 4.39 Å². The summed E-state index contributed by atoms with van der Waals surface area (Å²) in [6.07, 6.45) is 3.27. The maximum absolute atomic E-state index is 13.2. The molecule has 2 aromatic rings. The molecule has 1 atom stereocenters. The molecule has 0 spiro atoms. The topological polar surface area (TPSA) is 30.7 Å². The molecule has 19 heavy (non-hydrogen) atoms. The summed E-state index contributed by atoms with van der Waals surface area (Å²) in [4.78, 5) is 4.29. The largest absolute Gasteiger partial charge is 0.250 e. The van der Waals surface area contributed by atoms with Gasteiger partial charge in [-0.3, -0.25) is 4.68 Å². The van der Waals surface area contributed by atoms with Gasteiger partial charge in [0.25, 0.3) is 0 Å². The minimum atomic E-state index is -0.178. The van der Waals surface area contributed by atoms with Crippen LogP contribution in [-0.2, 0) is 19.4 Å². The van der Waals surface area contributed by atoms with Crippen LogP contribution in [0, 0.1) is 11.7 Å². The minimum absolute atomic E-state index is 0.178. The Kier molecular flexibility index (Phi) is 5.07. The number of benzene rings is 1. The van der Waals surface area contributed by atoms with E-state index in [1.165, 1.54) is 6.07 Å². The van der Waals surface area contributed by atoms with Gasteiger partial charge in [0.15, 0.2) is 0 Å². The molecule has 5 heteroatoms. The monoisotopic (exact) mass is 325 g/mol. The number of aryl methyl sites for hydroxylation is 1. The Morgan fingerprint density at radius 2 is 2.21 bits per heavy atom. The summed E-state index contributed by atoms with van der Waals surface area (Å²) in [5, 5.41) is 5.03. The lowest BCUT2D eigenvalue weighted by Gasteiger charge is -2.14. The lowest BCUT2D eigenvalue weighted by molar-refractivity contribution is 0.526. The predicted molar refractivity (Wildman–Crippen MR) is 76.8 cm³/mol. The molecule has 0 saturated carbocycles. The number of aromatic nitrogens is 3. The van der Waals surface area contributed by atoms with Gasteiger partial charge in [0.05, 0.1) is 0 Å². The van der Waals surface area contributed by atoms with Gasteiger partial charge in [-0.15, -0.1) is 0 Å². The van der Waals surface area contributed by atoms with Crippen molar-refractivity contribution >= 4 is 15.9 Å². The summed E-state index contributed by atoms with van der Waals surface area (Å²) in [6.45, 7) is 2.87. The highest BCUT2D eigenvalue weighted by molar-refractivity contribution is 9.09. The lowest BCUT2D eigenvalue weighted by Crippen LogP contribution is -2.14. The lowest BCUT2D eigenvalue weighted by atomic mass is 9.97. The highest BCUT2D eigenvalue weighted by Crippen LogP contribution is 2.16. The van der Waals surface area contributed by atoms with Crippen LogP contribution in [-0.4, -0.2) is 20.1 Å². The first-order chi connectivity index (χ1) is 9.22. The van der Waals surface area contributed by atoms with Gasteiger partial charge in [-0.25, -0.2) is 9.37 Å². The quantitative estimate of drug-likeness (QED) is 0.763. The molecule has 1 aromatic heterocycles. The van der Waals surface area contributed by atoms with Crippen molar-refractivity contribution in [3.05, 3.63) is 47.8 Å². The number of hydrogen-bond donors (Lipinski definition) is 0. The molecule has 0 aliphatic carbocycles. The maximum Gasteiger partial charge on any atom is 0.138 e. The number of alkyl halides is 1. The van der Waals surface area contributed by atoms with Crippen LogP contribution in [0.2, 0.25) is 0 Å². The Bertz CT molecular complexity index is 527. The number of halogens is 2. The van der Waals surface area contributed by atoms with Gasteiger partial charge >= 0.3 is 0 Å². The molecule has 0 amide bonds. The first-order valence-corrected chi connectivity index (χ1v) is 7.52. The third-order valence-electron chi connectivity index (χ3n) is 3.10. The Morgan fingerprint density at radius 3 is 2.89 bits per heavy atom. The molecule has 2 rings (SSSR count). The summed E-state index contributed by atoms with van der Waals surface area (Å²) < 4.78 is 15.1. The van der Waals surface area contributed by atoms with Crippen LogP contribution in [0.4, 0.5) is 4.39 Å². The second-order valence-electron chi connectivity index (χ2n) is 4.55. The van der Waals surface area contributed by atoms with Crippen molar-refractivity contribution in [1.29, 1.82) is 0 Å². The van der Waals surface area contributed by atoms with Crippen molar-refractivity contribution in [1.82, 2.24) is 14.8 Å². The van der Waals surface area contributed by atoms with Crippen molar-refractivity contribution in [2.24, 2.45) is 5.92 Å². The third-order valence-corrected chi connectivity index (χ3v) is 4.01. The van der Waals surface area contributed by atoms with E-state index < -0.39 is 0 Å². The first kappa shape index (κ1) is 14.2. The molecule has 1 unspecified atom stereocenters. The molecule has 102 valence electrons. The minimum Gasteiger partial charge on any atom is -0.250 e. The van der Waals surface area contributed by atoms with Crippen molar-refractivity contribution in [3.63, 3.8) is 0 Å². The zero-order valence-electron chi connectivity index (χ0n) is 10.9. The van der Waals surface area contributed by atoms with Gasteiger partial charge in [0.2, 0.25) is 0 Å². The molecule has 1 heterocycles. The first-order valence-electron chi connectivity index (χ1n) is 6.40. The van der Waals surface area contributed by atoms with Gasteiger partial charge in [-0.2, -0.15) is 5.10 Å². The van der Waals surface area contributed by atoms with E-state index in [1.54, 1.807) is 18.5 Å². The fraction of sp³-hybridized carbons (Fsp3) is 0.429. The van der Waals surface area contributed by atoms with Crippen LogP contribution in [0.15, 0.2) is 30.6 Å². The van der Waals surface area contributed by atoms with Crippen LogP contribution >= 0.6 is 15.9 Å². The molecule has 0 aliphatic rings. The zero-order valence-corrected chi connectivity index (χ0v) is 12.5. The molecule has 3 nitrogen and oxygen atoms in total. The van der Waals surface area contributed by atoms with E-state index in [2.05, 4.69) is 26.0 Å². The smallest absolute Gasteiger partial charge is 0.138 e. The van der Waals surface area contributed by atoms with Crippen LogP contribution in [0.25, 0.3) is 0 Å². The zero-order chi connectivity index (χ0) is 13.7.